The van der Waals surface area contributed by atoms with E-state index in [-0.39, 0.29) is 12.2 Å². The maximum atomic E-state index is 10.8. The summed E-state index contributed by atoms with van der Waals surface area (Å²) in [6, 6.07) is 2.13. The molecule has 0 spiro atoms. The molecule has 0 bridgehead atoms. The molecule has 0 radical (unpaired) electrons. The molecule has 3 heterocycles. The van der Waals surface area contributed by atoms with E-state index in [4.69, 9.17) is 4.74 Å². The normalized spacial score (nSPS) is 28.0. The number of nitrogens with one attached hydrogen (secondary N) is 1. The maximum Gasteiger partial charge on any atom is 0.151 e. The van der Waals surface area contributed by atoms with Crippen molar-refractivity contribution in [1.29, 1.82) is 0 Å². The summed E-state index contributed by atoms with van der Waals surface area (Å²) < 4.78 is 5.38. The molecule has 1 fully saturated rings. The zero-order valence-electron chi connectivity index (χ0n) is 13.4. The molecule has 2 aromatic rings. The number of fused-ring (bicyclic) bond motifs is 1. The van der Waals surface area contributed by atoms with Crippen molar-refractivity contribution in [2.45, 2.75) is 51.2 Å². The third-order valence-corrected chi connectivity index (χ3v) is 5.05. The van der Waals surface area contributed by atoms with Crippen LogP contribution in [-0.2, 0) is 9.53 Å². The van der Waals surface area contributed by atoms with Crippen LogP contribution in [0.15, 0.2) is 24.5 Å². The maximum absolute atomic E-state index is 10.8. The zero-order chi connectivity index (χ0) is 15.8. The number of aldehydes is 1. The minimum atomic E-state index is -0.293. The number of epoxide rings is 1. The highest BCUT2D eigenvalue weighted by molar-refractivity contribution is 5.91. The number of rotatable bonds is 3. The Morgan fingerprint density at radius 2 is 2.30 bits per heavy atom. The Morgan fingerprint density at radius 3 is 3.13 bits per heavy atom. The zero-order valence-corrected chi connectivity index (χ0v) is 13.4. The van der Waals surface area contributed by atoms with Gasteiger partial charge in [-0.2, -0.15) is 0 Å². The number of hydrogen-bond donors (Lipinski definition) is 1. The summed E-state index contributed by atoms with van der Waals surface area (Å²) in [6.07, 6.45) is 12.9. The van der Waals surface area contributed by atoms with Crippen LogP contribution in [0.5, 0.6) is 0 Å². The van der Waals surface area contributed by atoms with Crippen LogP contribution < -0.4 is 0 Å². The summed E-state index contributed by atoms with van der Waals surface area (Å²) in [4.78, 5) is 18.6. The lowest BCUT2D eigenvalue weighted by Gasteiger charge is -2.15. The van der Waals surface area contributed by atoms with Crippen LogP contribution >= 0.6 is 0 Å². The van der Waals surface area contributed by atoms with E-state index < -0.39 is 0 Å². The van der Waals surface area contributed by atoms with E-state index in [1.807, 2.05) is 6.20 Å². The van der Waals surface area contributed by atoms with Crippen LogP contribution in [0.25, 0.3) is 16.6 Å². The summed E-state index contributed by atoms with van der Waals surface area (Å²) in [7, 11) is 0. The number of carbonyl (C=O) groups is 1. The first-order valence-corrected chi connectivity index (χ1v) is 8.53. The molecule has 4 heteroatoms. The van der Waals surface area contributed by atoms with E-state index in [0.29, 0.717) is 0 Å². The number of H-pyrrole nitrogens is 1. The molecule has 2 aromatic heterocycles. The predicted octanol–water partition coefficient (Wildman–Crippen LogP) is 4.19. The van der Waals surface area contributed by atoms with Crippen molar-refractivity contribution in [3.05, 3.63) is 35.7 Å². The van der Waals surface area contributed by atoms with Gasteiger partial charge in [0.15, 0.2) is 6.29 Å². The van der Waals surface area contributed by atoms with Gasteiger partial charge in [-0.3, -0.25) is 0 Å². The second-order valence-electron chi connectivity index (χ2n) is 6.84. The van der Waals surface area contributed by atoms with Crippen molar-refractivity contribution in [1.82, 2.24) is 9.97 Å². The Labute approximate surface area is 135 Å². The molecule has 1 saturated heterocycles. The van der Waals surface area contributed by atoms with Crippen LogP contribution in [-0.4, -0.2) is 22.4 Å². The van der Waals surface area contributed by atoms with Crippen molar-refractivity contribution >= 4 is 22.9 Å². The monoisotopic (exact) mass is 310 g/mol. The number of ether oxygens (including phenoxy) is 1. The molecule has 0 aromatic carbocycles. The largest absolute Gasteiger partial charge is 0.356 e. The quantitative estimate of drug-likeness (QED) is 0.683. The van der Waals surface area contributed by atoms with E-state index in [0.717, 1.165) is 41.6 Å². The predicted molar refractivity (Wildman–Crippen MR) is 90.0 cm³/mol. The van der Waals surface area contributed by atoms with Gasteiger partial charge in [-0.1, -0.05) is 25.8 Å². The molecule has 3 unspecified atom stereocenters. The number of aromatic amines is 1. The van der Waals surface area contributed by atoms with Gasteiger partial charge in [0, 0.05) is 28.9 Å². The summed E-state index contributed by atoms with van der Waals surface area (Å²) in [5, 5.41) is 1.14. The third kappa shape index (κ3) is 2.83. The van der Waals surface area contributed by atoms with Crippen molar-refractivity contribution < 1.29 is 9.53 Å². The lowest BCUT2D eigenvalue weighted by atomic mass is 9.90. The molecular weight excluding hydrogens is 288 g/mol. The van der Waals surface area contributed by atoms with Crippen molar-refractivity contribution in [2.75, 3.05) is 0 Å². The SMILES string of the molecule is CC1CC=C(c2c[nH]c3ncc(C4OC4C=O)cc23)CCCC1. The lowest BCUT2D eigenvalue weighted by Crippen LogP contribution is -1.98. The van der Waals surface area contributed by atoms with Crippen LogP contribution in [0, 0.1) is 5.92 Å². The Hall–Kier alpha value is -1.94. The number of aromatic nitrogens is 2. The summed E-state index contributed by atoms with van der Waals surface area (Å²) in [5.41, 5.74) is 4.58. The van der Waals surface area contributed by atoms with Crippen LogP contribution in [0.3, 0.4) is 0 Å². The number of carbonyl (C=O) groups excluding carboxylic acids is 1. The fourth-order valence-electron chi connectivity index (χ4n) is 3.55. The standard InChI is InChI=1S/C19H22N2O2/c1-12-4-2-3-5-13(7-6-12)16-10-21-19-15(16)8-14(9-20-19)18-17(11-22)23-18/h7-12,17-18H,2-6H2,1H3,(H,20,21). The highest BCUT2D eigenvalue weighted by Crippen LogP contribution is 2.39. The fraction of sp³-hybridized carbons (Fsp3) is 0.474. The number of nitrogens with zero attached hydrogens (tertiary/aromatic N) is 1. The minimum absolute atomic E-state index is 0.113. The molecule has 0 amide bonds. The molecule has 1 aliphatic carbocycles. The van der Waals surface area contributed by atoms with E-state index in [1.165, 1.54) is 30.4 Å². The second-order valence-corrected chi connectivity index (χ2v) is 6.84. The van der Waals surface area contributed by atoms with Gasteiger partial charge >= 0.3 is 0 Å². The highest BCUT2D eigenvalue weighted by Gasteiger charge is 2.40. The van der Waals surface area contributed by atoms with Gasteiger partial charge in [-0.05, 0) is 36.8 Å². The van der Waals surface area contributed by atoms with Gasteiger partial charge in [0.2, 0.25) is 0 Å². The van der Waals surface area contributed by atoms with Gasteiger partial charge in [-0.15, -0.1) is 0 Å². The van der Waals surface area contributed by atoms with Crippen LogP contribution in [0.1, 0.15) is 56.3 Å². The molecule has 120 valence electrons. The second kappa shape index (κ2) is 5.93. The average molecular weight is 310 g/mol. The first-order valence-electron chi connectivity index (χ1n) is 8.53. The Balaban J connectivity index is 1.70. The minimum Gasteiger partial charge on any atom is -0.356 e. The van der Waals surface area contributed by atoms with E-state index >= 15 is 0 Å². The highest BCUT2D eigenvalue weighted by atomic mass is 16.6. The molecule has 1 N–H and O–H groups in total. The Morgan fingerprint density at radius 1 is 1.39 bits per heavy atom. The van der Waals surface area contributed by atoms with Gasteiger partial charge in [-0.25, -0.2) is 4.98 Å². The van der Waals surface area contributed by atoms with Crippen molar-refractivity contribution in [3.63, 3.8) is 0 Å². The Bertz CT molecular complexity index is 762. The number of pyridine rings is 1. The number of allylic oxidation sites excluding steroid dienone is 2. The topological polar surface area (TPSA) is 58.3 Å². The van der Waals surface area contributed by atoms with Crippen LogP contribution in [0.2, 0.25) is 0 Å². The van der Waals surface area contributed by atoms with Gasteiger partial charge < -0.3 is 14.5 Å². The van der Waals surface area contributed by atoms with Gasteiger partial charge in [0.25, 0.3) is 0 Å². The summed E-state index contributed by atoms with van der Waals surface area (Å²) in [6.45, 7) is 2.33. The first-order chi connectivity index (χ1) is 11.3. The fourth-order valence-corrected chi connectivity index (χ4v) is 3.55. The molecular formula is C19H22N2O2. The average Bonchev–Trinajstić information content (AvgIpc) is 3.23. The van der Waals surface area contributed by atoms with E-state index in [2.05, 4.69) is 35.2 Å². The molecule has 23 heavy (non-hydrogen) atoms. The molecule has 2 aliphatic rings. The van der Waals surface area contributed by atoms with Crippen molar-refractivity contribution in [3.8, 4) is 0 Å². The van der Waals surface area contributed by atoms with E-state index in [1.54, 1.807) is 0 Å². The van der Waals surface area contributed by atoms with E-state index in [9.17, 15) is 4.79 Å². The first kappa shape index (κ1) is 14.6. The lowest BCUT2D eigenvalue weighted by molar-refractivity contribution is -0.108. The molecule has 1 aliphatic heterocycles. The third-order valence-electron chi connectivity index (χ3n) is 5.05. The Kier molecular flexibility index (Phi) is 3.77. The van der Waals surface area contributed by atoms with Crippen molar-refractivity contribution in [2.24, 2.45) is 5.92 Å². The molecule has 3 atom stereocenters. The molecule has 4 rings (SSSR count). The summed E-state index contributed by atoms with van der Waals surface area (Å²) in [5.74, 6) is 0.761. The molecule has 4 nitrogen and oxygen atoms in total. The summed E-state index contributed by atoms with van der Waals surface area (Å²) >= 11 is 0. The van der Waals surface area contributed by atoms with Gasteiger partial charge in [0.1, 0.15) is 17.9 Å². The van der Waals surface area contributed by atoms with Crippen LogP contribution in [0.4, 0.5) is 0 Å². The molecule has 0 saturated carbocycles. The van der Waals surface area contributed by atoms with Gasteiger partial charge in [0.05, 0.1) is 0 Å². The smallest absolute Gasteiger partial charge is 0.151 e. The number of hydrogen-bond acceptors (Lipinski definition) is 3.